The Labute approximate surface area is 215 Å². The van der Waals surface area contributed by atoms with Crippen LogP contribution in [-0.4, -0.2) is 41.5 Å². The maximum absolute atomic E-state index is 13.5. The van der Waals surface area contributed by atoms with Gasteiger partial charge >= 0.3 is 0 Å². The maximum atomic E-state index is 13.5. The molecule has 11 heteroatoms. The summed E-state index contributed by atoms with van der Waals surface area (Å²) in [6, 6.07) is 16.2. The Balaban J connectivity index is 1.93. The summed E-state index contributed by atoms with van der Waals surface area (Å²) in [4.78, 5) is 25.3. The molecule has 1 heterocycles. The molecule has 3 aromatic rings. The van der Waals surface area contributed by atoms with E-state index in [1.54, 1.807) is 19.1 Å². The smallest absolute Gasteiger partial charge is 0.289 e. The molecule has 0 bridgehead atoms. The number of carbonyl (C=O) groups excluding carboxylic acids is 1. The molecule has 0 saturated carbocycles. The molecule has 0 N–H and O–H groups in total. The highest BCUT2D eigenvalue weighted by atomic mass is 35.5. The predicted octanol–water partition coefficient (Wildman–Crippen LogP) is 5.03. The largest absolute Gasteiger partial charge is 0.464 e. The van der Waals surface area contributed by atoms with E-state index in [2.05, 4.69) is 0 Å². The second kappa shape index (κ2) is 11.7. The fraction of sp³-hybridized carbons (Fsp3) is 0.320. The van der Waals surface area contributed by atoms with Crippen molar-refractivity contribution < 1.29 is 22.6 Å². The van der Waals surface area contributed by atoms with Crippen LogP contribution >= 0.6 is 11.6 Å². The van der Waals surface area contributed by atoms with Crippen LogP contribution in [0.2, 0.25) is 5.02 Å². The van der Waals surface area contributed by atoms with Crippen LogP contribution in [0.15, 0.2) is 70.0 Å². The Morgan fingerprint density at radius 3 is 2.36 bits per heavy atom. The van der Waals surface area contributed by atoms with Gasteiger partial charge in [-0.15, -0.1) is 0 Å². The van der Waals surface area contributed by atoms with E-state index >= 15 is 0 Å². The molecule has 0 fully saturated rings. The fourth-order valence-electron chi connectivity index (χ4n) is 3.64. The molecule has 0 aliphatic carbocycles. The van der Waals surface area contributed by atoms with Crippen molar-refractivity contribution in [2.45, 2.75) is 38.8 Å². The summed E-state index contributed by atoms with van der Waals surface area (Å²) in [5, 5.41) is 11.1. The monoisotopic (exact) mass is 533 g/mol. The number of hydrogen-bond acceptors (Lipinski definition) is 6. The van der Waals surface area contributed by atoms with Crippen LogP contribution in [0, 0.1) is 23.0 Å². The first-order valence-electron chi connectivity index (χ1n) is 11.3. The van der Waals surface area contributed by atoms with Gasteiger partial charge in [0.25, 0.3) is 5.69 Å². The quantitative estimate of drug-likeness (QED) is 0.252. The zero-order valence-corrected chi connectivity index (χ0v) is 21.8. The van der Waals surface area contributed by atoms with Gasteiger partial charge in [-0.1, -0.05) is 55.8 Å². The Morgan fingerprint density at radius 2 is 1.78 bits per heavy atom. The average Bonchev–Trinajstić information content (AvgIpc) is 3.23. The van der Waals surface area contributed by atoms with Crippen molar-refractivity contribution in [3.8, 4) is 0 Å². The molecule has 36 heavy (non-hydrogen) atoms. The number of hydrogen-bond donors (Lipinski definition) is 0. The standard InChI is InChI=1S/C25H28ClN3O6S/c1-18(2)14-28(36(33,34)22-11-12-23(26)24(13-22)29(31)32)17-25(30)27(15-20-7-5-4-6-8-20)16-21-10-9-19(3)35-21/h4-13,18H,14-17H2,1-3H3. The summed E-state index contributed by atoms with van der Waals surface area (Å²) in [5.74, 6) is 0.736. The van der Waals surface area contributed by atoms with Gasteiger partial charge in [0.05, 0.1) is 22.9 Å². The van der Waals surface area contributed by atoms with E-state index in [4.69, 9.17) is 16.0 Å². The van der Waals surface area contributed by atoms with E-state index in [1.165, 1.54) is 17.0 Å². The zero-order chi connectivity index (χ0) is 26.5. The van der Waals surface area contributed by atoms with E-state index in [-0.39, 0.29) is 35.5 Å². The van der Waals surface area contributed by atoms with Gasteiger partial charge < -0.3 is 9.32 Å². The van der Waals surface area contributed by atoms with E-state index in [0.717, 1.165) is 15.9 Å². The Morgan fingerprint density at radius 1 is 1.08 bits per heavy atom. The average molecular weight is 534 g/mol. The molecule has 1 aromatic heterocycles. The van der Waals surface area contributed by atoms with Gasteiger partial charge in [0, 0.05) is 19.2 Å². The van der Waals surface area contributed by atoms with E-state index < -0.39 is 33.1 Å². The van der Waals surface area contributed by atoms with Crippen molar-refractivity contribution in [3.05, 3.63) is 92.9 Å². The summed E-state index contributed by atoms with van der Waals surface area (Å²) in [5.41, 5.74) is 0.355. The van der Waals surface area contributed by atoms with Crippen molar-refractivity contribution >= 4 is 33.2 Å². The molecular formula is C25H28ClN3O6S. The van der Waals surface area contributed by atoms with E-state index in [0.29, 0.717) is 11.5 Å². The van der Waals surface area contributed by atoms with Crippen molar-refractivity contribution in [2.75, 3.05) is 13.1 Å². The minimum atomic E-state index is -4.24. The van der Waals surface area contributed by atoms with Crippen LogP contribution in [0.4, 0.5) is 5.69 Å². The molecule has 1 amide bonds. The molecule has 0 aliphatic rings. The third kappa shape index (κ3) is 6.93. The summed E-state index contributed by atoms with van der Waals surface area (Å²) in [7, 11) is -4.24. The Hall–Kier alpha value is -3.21. The molecule has 0 unspecified atom stereocenters. The topological polar surface area (TPSA) is 114 Å². The molecule has 3 rings (SSSR count). The van der Waals surface area contributed by atoms with Crippen molar-refractivity contribution in [3.63, 3.8) is 0 Å². The van der Waals surface area contributed by atoms with Crippen LogP contribution in [0.1, 0.15) is 30.9 Å². The molecular weight excluding hydrogens is 506 g/mol. The number of benzene rings is 2. The van der Waals surface area contributed by atoms with Crippen molar-refractivity contribution in [1.29, 1.82) is 0 Å². The van der Waals surface area contributed by atoms with Gasteiger partial charge in [-0.2, -0.15) is 4.31 Å². The lowest BCUT2D eigenvalue weighted by Crippen LogP contribution is -2.43. The van der Waals surface area contributed by atoms with Crippen LogP contribution < -0.4 is 0 Å². The van der Waals surface area contributed by atoms with Crippen molar-refractivity contribution in [2.24, 2.45) is 5.92 Å². The number of halogens is 1. The fourth-order valence-corrected chi connectivity index (χ4v) is 5.40. The normalized spacial score (nSPS) is 11.7. The molecule has 0 spiro atoms. The van der Waals surface area contributed by atoms with Gasteiger partial charge in [-0.3, -0.25) is 14.9 Å². The zero-order valence-electron chi connectivity index (χ0n) is 20.3. The summed E-state index contributed by atoms with van der Waals surface area (Å²) in [6.07, 6.45) is 0. The number of nitro benzene ring substituents is 1. The molecule has 192 valence electrons. The number of rotatable bonds is 11. The molecule has 0 saturated heterocycles. The Kier molecular flexibility index (Phi) is 8.89. The SMILES string of the molecule is Cc1ccc(CN(Cc2ccccc2)C(=O)CN(CC(C)C)S(=O)(=O)c2ccc(Cl)c([N+](=O)[O-])c2)o1. The van der Waals surface area contributed by atoms with Crippen LogP contribution in [-0.2, 0) is 27.9 Å². The van der Waals surface area contributed by atoms with Crippen LogP contribution in [0.5, 0.6) is 0 Å². The number of aryl methyl sites for hydroxylation is 1. The van der Waals surface area contributed by atoms with E-state index in [9.17, 15) is 23.3 Å². The molecule has 0 atom stereocenters. The lowest BCUT2D eigenvalue weighted by Gasteiger charge is -2.28. The number of nitrogens with zero attached hydrogens (tertiary/aromatic N) is 3. The highest BCUT2D eigenvalue weighted by Crippen LogP contribution is 2.29. The number of amides is 1. The van der Waals surface area contributed by atoms with Gasteiger partial charge in [-0.25, -0.2) is 8.42 Å². The second-order valence-corrected chi connectivity index (χ2v) is 11.2. The Bertz CT molecular complexity index is 1320. The summed E-state index contributed by atoms with van der Waals surface area (Å²) < 4.78 is 33.7. The van der Waals surface area contributed by atoms with Crippen LogP contribution in [0.25, 0.3) is 0 Å². The van der Waals surface area contributed by atoms with Crippen molar-refractivity contribution in [1.82, 2.24) is 9.21 Å². The predicted molar refractivity (Wildman–Crippen MR) is 136 cm³/mol. The lowest BCUT2D eigenvalue weighted by molar-refractivity contribution is -0.384. The maximum Gasteiger partial charge on any atom is 0.289 e. The summed E-state index contributed by atoms with van der Waals surface area (Å²) in [6.45, 7) is 5.46. The highest BCUT2D eigenvalue weighted by Gasteiger charge is 2.31. The van der Waals surface area contributed by atoms with Crippen LogP contribution in [0.3, 0.4) is 0 Å². The third-order valence-electron chi connectivity index (χ3n) is 5.34. The van der Waals surface area contributed by atoms with Gasteiger partial charge in [0.15, 0.2) is 0 Å². The first-order valence-corrected chi connectivity index (χ1v) is 13.1. The van der Waals surface area contributed by atoms with Gasteiger partial charge in [0.1, 0.15) is 16.5 Å². The minimum absolute atomic E-state index is 0.0452. The number of nitro groups is 1. The molecule has 0 radical (unpaired) electrons. The minimum Gasteiger partial charge on any atom is -0.464 e. The molecule has 2 aromatic carbocycles. The molecule has 9 nitrogen and oxygen atoms in total. The molecule has 0 aliphatic heterocycles. The second-order valence-electron chi connectivity index (χ2n) is 8.81. The highest BCUT2D eigenvalue weighted by molar-refractivity contribution is 7.89. The lowest BCUT2D eigenvalue weighted by atomic mass is 10.2. The third-order valence-corrected chi connectivity index (χ3v) is 7.47. The van der Waals surface area contributed by atoms with Gasteiger partial charge in [-0.05, 0) is 42.7 Å². The number of sulfonamides is 1. The summed E-state index contributed by atoms with van der Waals surface area (Å²) >= 11 is 5.87. The van der Waals surface area contributed by atoms with Gasteiger partial charge in [0.2, 0.25) is 15.9 Å². The first kappa shape index (κ1) is 27.4. The first-order chi connectivity index (χ1) is 17.0. The van der Waals surface area contributed by atoms with E-state index in [1.807, 2.05) is 44.2 Å². The number of carbonyl (C=O) groups is 1. The number of furan rings is 1.